The second-order valence-electron chi connectivity index (χ2n) is 3.29. The number of ether oxygens (including phenoxy) is 1. The van der Waals surface area contributed by atoms with Crippen molar-refractivity contribution in [2.75, 3.05) is 6.61 Å². The third kappa shape index (κ3) is 4.40. The summed E-state index contributed by atoms with van der Waals surface area (Å²) in [5.41, 5.74) is 0.678. The number of carbonyl (C=O) groups excluding carboxylic acids is 1. The molecule has 2 N–H and O–H groups in total. The Hall–Kier alpha value is -1.00. The molecule has 0 amide bonds. The Morgan fingerprint density at radius 2 is 2.12 bits per heavy atom. The highest BCUT2D eigenvalue weighted by Gasteiger charge is 2.15. The normalized spacial score (nSPS) is 10.9. The van der Waals surface area contributed by atoms with Crippen molar-refractivity contribution in [3.05, 3.63) is 42.5 Å². The van der Waals surface area contributed by atoms with Crippen LogP contribution in [0.15, 0.2) is 36.9 Å². The molecule has 17 heavy (non-hydrogen) atoms. The van der Waals surface area contributed by atoms with Crippen molar-refractivity contribution in [3.63, 3.8) is 0 Å². The summed E-state index contributed by atoms with van der Waals surface area (Å²) >= 11 is 4.66. The Morgan fingerprint density at radius 1 is 1.47 bits per heavy atom. The summed E-state index contributed by atoms with van der Waals surface area (Å²) in [4.78, 5) is 29.8. The first-order valence-electron chi connectivity index (χ1n) is 4.88. The molecule has 0 atom stereocenters. The van der Waals surface area contributed by atoms with Gasteiger partial charge in [0.05, 0.1) is 6.61 Å². The van der Waals surface area contributed by atoms with Crippen LogP contribution in [0.2, 0.25) is 0 Å². The first kappa shape index (κ1) is 14.1. The van der Waals surface area contributed by atoms with Gasteiger partial charge in [-0.2, -0.15) is 0 Å². The van der Waals surface area contributed by atoms with E-state index in [9.17, 15) is 14.6 Å². The van der Waals surface area contributed by atoms with Crippen LogP contribution in [0.5, 0.6) is 0 Å². The van der Waals surface area contributed by atoms with Gasteiger partial charge in [-0.05, 0) is 23.4 Å². The first-order valence-corrected chi connectivity index (χ1v) is 7.59. The molecule has 4 nitrogen and oxygen atoms in total. The molecule has 0 radical (unpaired) electrons. The van der Waals surface area contributed by atoms with Crippen molar-refractivity contribution in [2.24, 2.45) is 0 Å². The molecule has 0 bridgehead atoms. The lowest BCUT2D eigenvalue weighted by atomic mass is 10.2. The van der Waals surface area contributed by atoms with Crippen LogP contribution < -0.4 is 5.30 Å². The summed E-state index contributed by atoms with van der Waals surface area (Å²) in [6.45, 7) is -0.0265. The van der Waals surface area contributed by atoms with E-state index < -0.39 is 12.5 Å². The van der Waals surface area contributed by atoms with Crippen LogP contribution in [0.4, 0.5) is 0 Å². The zero-order chi connectivity index (χ0) is 12.9. The molecule has 0 saturated heterocycles. The summed E-state index contributed by atoms with van der Waals surface area (Å²) in [5, 5.41) is 0.338. The summed E-state index contributed by atoms with van der Waals surface area (Å²) in [6.07, 6.45) is 1.46. The molecule has 0 heterocycles. The zero-order valence-corrected chi connectivity index (χ0v) is 10.8. The molecule has 1 rings (SSSR count). The number of rotatable bonds is 5. The summed E-state index contributed by atoms with van der Waals surface area (Å²) in [7, 11) is 0. The van der Waals surface area contributed by atoms with Crippen molar-refractivity contribution in [2.45, 2.75) is 6.42 Å². The van der Waals surface area contributed by atoms with Crippen LogP contribution in [0, 0.1) is 0 Å². The molecule has 1 aromatic carbocycles. The van der Waals surface area contributed by atoms with Crippen molar-refractivity contribution in [3.8, 4) is 0 Å². The van der Waals surface area contributed by atoms with Gasteiger partial charge in [0.15, 0.2) is 0 Å². The number of hydrogen-bond donors (Lipinski definition) is 2. The second kappa shape index (κ2) is 6.07. The van der Waals surface area contributed by atoms with Gasteiger partial charge in [-0.1, -0.05) is 24.8 Å². The summed E-state index contributed by atoms with van der Waals surface area (Å²) in [5.74, 6) is -0.505. The maximum absolute atomic E-state index is 10.8. The van der Waals surface area contributed by atoms with Crippen LogP contribution in [-0.2, 0) is 27.8 Å². The molecule has 0 aromatic heterocycles. The van der Waals surface area contributed by atoms with Gasteiger partial charge in [-0.25, -0.2) is 4.79 Å². The van der Waals surface area contributed by atoms with E-state index in [0.717, 1.165) is 6.08 Å². The van der Waals surface area contributed by atoms with Gasteiger partial charge in [0.25, 0.3) is 0 Å². The maximum Gasteiger partial charge on any atom is 0.330 e. The number of hydrogen-bond acceptors (Lipinski definition) is 3. The molecule has 0 aliphatic heterocycles. The third-order valence-electron chi connectivity index (χ3n) is 2.09. The van der Waals surface area contributed by atoms with Gasteiger partial charge in [0.1, 0.15) is 0 Å². The Balaban J connectivity index is 2.75. The minimum atomic E-state index is -3.45. The second-order valence-corrected chi connectivity index (χ2v) is 6.39. The fourth-order valence-corrected chi connectivity index (χ4v) is 2.70. The Morgan fingerprint density at radius 3 is 2.71 bits per heavy atom. The topological polar surface area (TPSA) is 66.8 Å². The smallest absolute Gasteiger partial charge is 0.330 e. The third-order valence-corrected chi connectivity index (χ3v) is 3.74. The molecule has 0 saturated carbocycles. The lowest BCUT2D eigenvalue weighted by molar-refractivity contribution is -0.137. The summed E-state index contributed by atoms with van der Waals surface area (Å²) < 4.78 is 4.82. The zero-order valence-electron chi connectivity index (χ0n) is 9.07. The lowest BCUT2D eigenvalue weighted by Crippen LogP contribution is -2.13. The minimum absolute atomic E-state index is 0.150. The van der Waals surface area contributed by atoms with E-state index in [-0.39, 0.29) is 6.61 Å². The van der Waals surface area contributed by atoms with Crippen LogP contribution in [0.3, 0.4) is 0 Å². The summed E-state index contributed by atoms with van der Waals surface area (Å²) in [6, 6.07) is 6.75. The van der Waals surface area contributed by atoms with E-state index in [4.69, 9.17) is 4.74 Å². The van der Waals surface area contributed by atoms with Gasteiger partial charge >= 0.3 is 5.97 Å². The number of esters is 1. The Labute approximate surface area is 105 Å². The maximum atomic E-state index is 10.8. The molecule has 0 fully saturated rings. The minimum Gasteiger partial charge on any atom is -0.462 e. The lowest BCUT2D eigenvalue weighted by Gasteiger charge is -2.13. The first-order chi connectivity index (χ1) is 7.95. The van der Waals surface area contributed by atoms with E-state index in [1.54, 1.807) is 24.3 Å². The molecular formula is C11H13O4PS. The molecule has 0 aliphatic carbocycles. The van der Waals surface area contributed by atoms with E-state index in [1.807, 2.05) is 0 Å². The van der Waals surface area contributed by atoms with Crippen LogP contribution >= 0.6 is 6.49 Å². The highest BCUT2D eigenvalue weighted by Crippen LogP contribution is 2.35. The van der Waals surface area contributed by atoms with Gasteiger partial charge < -0.3 is 14.5 Å². The largest absolute Gasteiger partial charge is 0.462 e. The average molecular weight is 272 g/mol. The highest BCUT2D eigenvalue weighted by atomic mass is 32.5. The molecule has 0 aliphatic rings. The highest BCUT2D eigenvalue weighted by molar-refractivity contribution is 8.12. The predicted molar refractivity (Wildman–Crippen MR) is 69.7 cm³/mol. The Kier molecular flexibility index (Phi) is 5.02. The quantitative estimate of drug-likeness (QED) is 0.473. The van der Waals surface area contributed by atoms with E-state index in [0.29, 0.717) is 17.3 Å². The SMILES string of the molecule is C=CC(=O)OCCc1ccccc1P(O)(O)=S. The van der Waals surface area contributed by atoms with Gasteiger partial charge in [0.2, 0.25) is 6.49 Å². The molecule has 0 spiro atoms. The molecule has 6 heteroatoms. The fourth-order valence-electron chi connectivity index (χ4n) is 1.33. The van der Waals surface area contributed by atoms with E-state index in [2.05, 4.69) is 18.4 Å². The molecule has 92 valence electrons. The van der Waals surface area contributed by atoms with Crippen molar-refractivity contribution >= 4 is 29.6 Å². The van der Waals surface area contributed by atoms with Gasteiger partial charge in [-0.15, -0.1) is 0 Å². The van der Waals surface area contributed by atoms with Gasteiger partial charge in [0, 0.05) is 17.8 Å². The van der Waals surface area contributed by atoms with Crippen LogP contribution in [-0.4, -0.2) is 22.4 Å². The van der Waals surface area contributed by atoms with Crippen molar-refractivity contribution < 1.29 is 19.3 Å². The molecular weight excluding hydrogens is 259 g/mol. The van der Waals surface area contributed by atoms with Gasteiger partial charge in [-0.3, -0.25) is 0 Å². The van der Waals surface area contributed by atoms with Crippen molar-refractivity contribution in [1.29, 1.82) is 0 Å². The number of benzene rings is 1. The Bertz CT molecular complexity index is 466. The molecule has 0 unspecified atom stereocenters. The monoisotopic (exact) mass is 272 g/mol. The van der Waals surface area contributed by atoms with E-state index >= 15 is 0 Å². The average Bonchev–Trinajstić information content (AvgIpc) is 2.28. The standard InChI is InChI=1S/C11H13O4PS/c1-2-11(12)15-8-7-9-5-3-4-6-10(9)16(13,14)17/h2-6H,1,7-8H2,(H2,13,14,17). The number of carbonyl (C=O) groups is 1. The fraction of sp³-hybridized carbons (Fsp3) is 0.182. The predicted octanol–water partition coefficient (Wildman–Crippen LogP) is 0.878. The van der Waals surface area contributed by atoms with Crippen LogP contribution in [0.25, 0.3) is 0 Å². The van der Waals surface area contributed by atoms with Crippen molar-refractivity contribution in [1.82, 2.24) is 0 Å². The van der Waals surface area contributed by atoms with E-state index in [1.165, 1.54) is 0 Å². The molecule has 1 aromatic rings. The van der Waals surface area contributed by atoms with Crippen LogP contribution in [0.1, 0.15) is 5.56 Å².